The van der Waals surface area contributed by atoms with Gasteiger partial charge in [0, 0.05) is 6.42 Å². The predicted octanol–water partition coefficient (Wildman–Crippen LogP) is 7.75. The van der Waals surface area contributed by atoms with Gasteiger partial charge in [-0.1, -0.05) is 187 Å². The number of nitrogens with one attached hydrogen (secondary N) is 1. The van der Waals surface area contributed by atoms with E-state index in [1.807, 2.05) is 0 Å². The Morgan fingerprint density at radius 1 is 0.585 bits per heavy atom. The van der Waals surface area contributed by atoms with E-state index in [-0.39, 0.29) is 18.9 Å². The minimum Gasteiger partial charge on any atom is -0.394 e. The Kier molecular flexibility index (Phi) is 32.6. The maximum atomic E-state index is 13.0. The largest absolute Gasteiger partial charge is 0.394 e. The first kappa shape index (κ1) is 50.2. The lowest BCUT2D eigenvalue weighted by Gasteiger charge is -2.40. The molecule has 0 aliphatic carbocycles. The van der Waals surface area contributed by atoms with E-state index < -0.39 is 55.6 Å². The van der Waals surface area contributed by atoms with E-state index in [0.29, 0.717) is 6.42 Å². The normalized spacial score (nSPS) is 22.2. The molecule has 0 saturated carbocycles. The Labute approximate surface area is 324 Å². The van der Waals surface area contributed by atoms with Crippen LogP contribution < -0.4 is 5.32 Å². The van der Waals surface area contributed by atoms with E-state index in [4.69, 9.17) is 9.47 Å². The number of aliphatic hydroxyl groups excluding tert-OH is 6. The van der Waals surface area contributed by atoms with Crippen LogP contribution in [0.3, 0.4) is 0 Å². The topological polar surface area (TPSA) is 169 Å². The molecule has 1 aliphatic rings. The lowest BCUT2D eigenvalue weighted by molar-refractivity contribution is -0.303. The summed E-state index contributed by atoms with van der Waals surface area (Å²) in [6.07, 6.45) is 25.5. The molecule has 1 aliphatic heterocycles. The SMILES string of the molecule is CCCCCCCCCCCCCCCCCCCCCC(=O)N[C@@H](CO[C@@H]1O[C@H](CO)[C@@H](O)C(O)C1O)[C@H](O)[C@H](O)CCCCCCCCCCC. The monoisotopic (exact) mass is 760 g/mol. The molecule has 10 nitrogen and oxygen atoms in total. The van der Waals surface area contributed by atoms with Gasteiger partial charge in [0.05, 0.1) is 25.4 Å². The summed E-state index contributed by atoms with van der Waals surface area (Å²) < 4.78 is 11.1. The van der Waals surface area contributed by atoms with Crippen LogP contribution >= 0.6 is 0 Å². The van der Waals surface area contributed by atoms with Crippen LogP contribution in [0.4, 0.5) is 0 Å². The molecule has 0 aromatic carbocycles. The maximum absolute atomic E-state index is 13.0. The van der Waals surface area contributed by atoms with E-state index in [0.717, 1.165) is 44.9 Å². The summed E-state index contributed by atoms with van der Waals surface area (Å²) in [4.78, 5) is 13.0. The van der Waals surface area contributed by atoms with Gasteiger partial charge in [-0.15, -0.1) is 0 Å². The van der Waals surface area contributed by atoms with Gasteiger partial charge in [-0.3, -0.25) is 4.79 Å². The van der Waals surface area contributed by atoms with Crippen LogP contribution in [0, 0.1) is 0 Å². The Hall–Kier alpha value is -0.850. The molecule has 1 heterocycles. The molecule has 53 heavy (non-hydrogen) atoms. The fourth-order valence-corrected chi connectivity index (χ4v) is 7.38. The zero-order valence-corrected chi connectivity index (χ0v) is 34.2. The molecule has 1 fully saturated rings. The van der Waals surface area contributed by atoms with Crippen LogP contribution in [-0.2, 0) is 14.3 Å². The number of carbonyl (C=O) groups is 1. The van der Waals surface area contributed by atoms with E-state index in [1.165, 1.54) is 135 Å². The minimum absolute atomic E-state index is 0.256. The van der Waals surface area contributed by atoms with E-state index in [2.05, 4.69) is 19.2 Å². The van der Waals surface area contributed by atoms with E-state index in [1.54, 1.807) is 0 Å². The zero-order valence-electron chi connectivity index (χ0n) is 34.2. The van der Waals surface area contributed by atoms with Crippen LogP contribution in [0.5, 0.6) is 0 Å². The number of ether oxygens (including phenoxy) is 2. The molecule has 10 heteroatoms. The van der Waals surface area contributed by atoms with Crippen molar-refractivity contribution in [3.63, 3.8) is 0 Å². The standard InChI is InChI=1S/C43H85NO9/c1-3-5-7-9-11-13-14-15-16-17-18-19-20-21-22-24-26-28-30-32-38(47)44-35(34-52-43-42(51)41(50)40(49)37(33-45)53-43)39(48)36(46)31-29-27-25-23-12-10-8-6-4-2/h35-37,39-43,45-46,48-51H,3-34H2,1-2H3,(H,44,47)/t35-,36+,37+,39-,40+,41?,42?,43+/m0/s1. The quantitative estimate of drug-likeness (QED) is 0.0313. The predicted molar refractivity (Wildman–Crippen MR) is 214 cm³/mol. The second-order valence-corrected chi connectivity index (χ2v) is 16.0. The van der Waals surface area contributed by atoms with Gasteiger partial charge in [0.1, 0.15) is 30.5 Å². The first-order valence-electron chi connectivity index (χ1n) is 22.3. The number of unbranched alkanes of at least 4 members (excludes halogenated alkanes) is 26. The molecule has 1 rings (SSSR count). The van der Waals surface area contributed by atoms with Crippen molar-refractivity contribution < 1.29 is 44.9 Å². The zero-order chi connectivity index (χ0) is 38.9. The molecule has 7 N–H and O–H groups in total. The molecule has 0 aromatic rings. The highest BCUT2D eigenvalue weighted by Crippen LogP contribution is 2.23. The molecule has 1 saturated heterocycles. The molecule has 0 aromatic heterocycles. The fourth-order valence-electron chi connectivity index (χ4n) is 7.38. The number of amides is 1. The third-order valence-corrected chi connectivity index (χ3v) is 11.1. The Balaban J connectivity index is 2.34. The van der Waals surface area contributed by atoms with Crippen molar-refractivity contribution in [2.75, 3.05) is 13.2 Å². The second kappa shape index (κ2) is 34.4. The van der Waals surface area contributed by atoms with E-state index in [9.17, 15) is 35.4 Å². The molecular formula is C43H85NO9. The van der Waals surface area contributed by atoms with Gasteiger partial charge in [-0.2, -0.15) is 0 Å². The molecule has 1 amide bonds. The van der Waals surface area contributed by atoms with Crippen molar-refractivity contribution in [1.29, 1.82) is 0 Å². The van der Waals surface area contributed by atoms with Gasteiger partial charge in [0.15, 0.2) is 6.29 Å². The van der Waals surface area contributed by atoms with Gasteiger partial charge in [0.25, 0.3) is 0 Å². The minimum atomic E-state index is -1.60. The van der Waals surface area contributed by atoms with Crippen molar-refractivity contribution in [2.24, 2.45) is 0 Å². The Morgan fingerprint density at radius 3 is 1.40 bits per heavy atom. The number of hydrogen-bond donors (Lipinski definition) is 7. The van der Waals surface area contributed by atoms with Crippen molar-refractivity contribution in [3.05, 3.63) is 0 Å². The maximum Gasteiger partial charge on any atom is 0.220 e. The lowest BCUT2D eigenvalue weighted by Crippen LogP contribution is -2.60. The van der Waals surface area contributed by atoms with Crippen molar-refractivity contribution in [1.82, 2.24) is 5.32 Å². The summed E-state index contributed by atoms with van der Waals surface area (Å²) in [5.41, 5.74) is 0. The second-order valence-electron chi connectivity index (χ2n) is 16.0. The molecule has 0 bridgehead atoms. The first-order chi connectivity index (χ1) is 25.8. The van der Waals surface area contributed by atoms with E-state index >= 15 is 0 Å². The van der Waals surface area contributed by atoms with Gasteiger partial charge >= 0.3 is 0 Å². The van der Waals surface area contributed by atoms with Crippen molar-refractivity contribution in [2.45, 2.75) is 255 Å². The van der Waals surface area contributed by atoms with Gasteiger partial charge in [-0.25, -0.2) is 0 Å². The molecule has 0 spiro atoms. The molecule has 8 atom stereocenters. The van der Waals surface area contributed by atoms with Crippen LogP contribution in [0.2, 0.25) is 0 Å². The highest BCUT2D eigenvalue weighted by atomic mass is 16.7. The van der Waals surface area contributed by atoms with Crippen molar-refractivity contribution >= 4 is 5.91 Å². The smallest absolute Gasteiger partial charge is 0.220 e. The third-order valence-electron chi connectivity index (χ3n) is 11.1. The van der Waals surface area contributed by atoms with Crippen LogP contribution in [0.25, 0.3) is 0 Å². The molecular weight excluding hydrogens is 674 g/mol. The van der Waals surface area contributed by atoms with Gasteiger partial charge in [0.2, 0.25) is 5.91 Å². The summed E-state index contributed by atoms with van der Waals surface area (Å²) in [7, 11) is 0. The number of rotatable bonds is 37. The Morgan fingerprint density at radius 2 is 0.981 bits per heavy atom. The molecule has 316 valence electrons. The van der Waals surface area contributed by atoms with Gasteiger partial charge in [-0.05, 0) is 12.8 Å². The Bertz CT molecular complexity index is 819. The average Bonchev–Trinajstić information content (AvgIpc) is 3.16. The summed E-state index contributed by atoms with van der Waals surface area (Å²) in [6, 6.07) is -0.983. The van der Waals surface area contributed by atoms with Crippen LogP contribution in [0.15, 0.2) is 0 Å². The first-order valence-corrected chi connectivity index (χ1v) is 22.3. The molecule has 0 radical (unpaired) electrons. The summed E-state index contributed by atoms with van der Waals surface area (Å²) in [5, 5.41) is 64.9. The number of carbonyl (C=O) groups excluding carboxylic acids is 1. The van der Waals surface area contributed by atoms with Crippen molar-refractivity contribution in [3.8, 4) is 0 Å². The number of hydrogen-bond acceptors (Lipinski definition) is 9. The fraction of sp³-hybridized carbons (Fsp3) is 0.977. The summed E-state index contributed by atoms with van der Waals surface area (Å²) >= 11 is 0. The van der Waals surface area contributed by atoms with Gasteiger partial charge < -0.3 is 45.4 Å². The highest BCUT2D eigenvalue weighted by molar-refractivity contribution is 5.76. The summed E-state index contributed by atoms with van der Waals surface area (Å²) in [5.74, 6) is -0.256. The summed E-state index contributed by atoms with van der Waals surface area (Å²) in [6.45, 7) is 3.58. The average molecular weight is 760 g/mol. The third kappa shape index (κ3) is 25.1. The lowest BCUT2D eigenvalue weighted by atomic mass is 9.98. The molecule has 2 unspecified atom stereocenters. The highest BCUT2D eigenvalue weighted by Gasteiger charge is 2.44. The number of aliphatic hydroxyl groups is 6. The van der Waals surface area contributed by atoms with Crippen LogP contribution in [0.1, 0.15) is 206 Å². The van der Waals surface area contributed by atoms with Crippen LogP contribution in [-0.4, -0.2) is 98.7 Å².